The average Bonchev–Trinajstić information content (AvgIpc) is 2.66. The molecule has 1 atom stereocenters. The number of halogens is 1. The van der Waals surface area contributed by atoms with Crippen LogP contribution in [0, 0.1) is 17.2 Å². The van der Waals surface area contributed by atoms with E-state index in [0.717, 1.165) is 0 Å². The zero-order valence-corrected chi connectivity index (χ0v) is 16.6. The van der Waals surface area contributed by atoms with E-state index in [-0.39, 0.29) is 24.3 Å². The van der Waals surface area contributed by atoms with Gasteiger partial charge in [-0.05, 0) is 31.0 Å². The number of hydrogen-bond acceptors (Lipinski definition) is 5. The molecule has 1 heterocycles. The zero-order valence-electron chi connectivity index (χ0n) is 15.8. The lowest BCUT2D eigenvalue weighted by molar-refractivity contribution is -0.121. The second kappa shape index (κ2) is 9.07. The van der Waals surface area contributed by atoms with Gasteiger partial charge in [0.05, 0.1) is 36.4 Å². The molecule has 8 heteroatoms. The van der Waals surface area contributed by atoms with Crippen LogP contribution in [0.2, 0.25) is 5.02 Å². The maximum Gasteiger partial charge on any atom is 0.255 e. The monoisotopic (exact) mass is 392 g/mol. The van der Waals surface area contributed by atoms with Crippen molar-refractivity contribution >= 4 is 29.1 Å². The fraction of sp³-hybridized carbons (Fsp3) is 0.526. The summed E-state index contributed by atoms with van der Waals surface area (Å²) < 4.78 is 5.25. The molecule has 1 fully saturated rings. The minimum Gasteiger partial charge on any atom is -0.378 e. The molecule has 0 aliphatic carbocycles. The molecule has 0 saturated carbocycles. The van der Waals surface area contributed by atoms with E-state index in [0.29, 0.717) is 42.6 Å². The van der Waals surface area contributed by atoms with Crippen LogP contribution in [0.1, 0.15) is 31.1 Å². The van der Waals surface area contributed by atoms with Crippen LogP contribution in [0.5, 0.6) is 0 Å². The predicted molar refractivity (Wildman–Crippen MR) is 104 cm³/mol. The molecule has 1 aliphatic rings. The van der Waals surface area contributed by atoms with Gasteiger partial charge in [0.15, 0.2) is 0 Å². The van der Waals surface area contributed by atoms with E-state index in [1.807, 2.05) is 13.8 Å². The van der Waals surface area contributed by atoms with E-state index < -0.39 is 5.54 Å². The number of morpholine rings is 1. The van der Waals surface area contributed by atoms with Crippen molar-refractivity contribution in [2.45, 2.75) is 26.3 Å². The van der Waals surface area contributed by atoms with E-state index in [4.69, 9.17) is 16.3 Å². The number of carbonyl (C=O) groups is 2. The highest BCUT2D eigenvalue weighted by Gasteiger charge is 2.29. The Bertz CT molecular complexity index is 741. The van der Waals surface area contributed by atoms with Gasteiger partial charge in [0.2, 0.25) is 5.91 Å². The SMILES string of the molecule is CC(C)C(C)(C#N)NC(=O)CNc1ccc(C(=O)N2CCOCC2)c(Cl)c1. The smallest absolute Gasteiger partial charge is 0.255 e. The quantitative estimate of drug-likeness (QED) is 0.774. The number of nitriles is 1. The van der Waals surface area contributed by atoms with Gasteiger partial charge < -0.3 is 20.3 Å². The number of carbonyl (C=O) groups excluding carboxylic acids is 2. The van der Waals surface area contributed by atoms with Gasteiger partial charge in [-0.1, -0.05) is 25.4 Å². The Balaban J connectivity index is 1.96. The summed E-state index contributed by atoms with van der Waals surface area (Å²) >= 11 is 6.27. The van der Waals surface area contributed by atoms with E-state index in [1.54, 1.807) is 30.0 Å². The largest absolute Gasteiger partial charge is 0.378 e. The van der Waals surface area contributed by atoms with Crippen LogP contribution in [-0.4, -0.2) is 55.1 Å². The highest BCUT2D eigenvalue weighted by molar-refractivity contribution is 6.34. The van der Waals surface area contributed by atoms with Crippen LogP contribution in [0.25, 0.3) is 0 Å². The fourth-order valence-corrected chi connectivity index (χ4v) is 2.81. The van der Waals surface area contributed by atoms with Gasteiger partial charge in [0.25, 0.3) is 5.91 Å². The standard InChI is InChI=1S/C19H25ClN4O3/c1-13(2)19(3,12-21)23-17(25)11-22-14-4-5-15(16(20)10-14)18(26)24-6-8-27-9-7-24/h4-5,10,13,22H,6-9,11H2,1-3H3,(H,23,25). The van der Waals surface area contributed by atoms with Crippen molar-refractivity contribution in [2.75, 3.05) is 38.2 Å². The van der Waals surface area contributed by atoms with Gasteiger partial charge in [-0.2, -0.15) is 5.26 Å². The highest BCUT2D eigenvalue weighted by atomic mass is 35.5. The van der Waals surface area contributed by atoms with Crippen molar-refractivity contribution in [3.8, 4) is 6.07 Å². The summed E-state index contributed by atoms with van der Waals surface area (Å²) in [5, 5.41) is 15.3. The van der Waals surface area contributed by atoms with E-state index in [2.05, 4.69) is 16.7 Å². The molecule has 146 valence electrons. The van der Waals surface area contributed by atoms with E-state index >= 15 is 0 Å². The first kappa shape index (κ1) is 21.0. The van der Waals surface area contributed by atoms with Gasteiger partial charge in [-0.25, -0.2) is 0 Å². The Morgan fingerprint density at radius 1 is 1.37 bits per heavy atom. The molecule has 27 heavy (non-hydrogen) atoms. The van der Waals surface area contributed by atoms with Crippen molar-refractivity contribution in [1.29, 1.82) is 5.26 Å². The van der Waals surface area contributed by atoms with Gasteiger partial charge in [-0.15, -0.1) is 0 Å². The lowest BCUT2D eigenvalue weighted by atomic mass is 9.90. The molecule has 0 radical (unpaired) electrons. The van der Waals surface area contributed by atoms with Gasteiger partial charge in [-0.3, -0.25) is 9.59 Å². The molecule has 0 aromatic heterocycles. The molecule has 7 nitrogen and oxygen atoms in total. The minimum atomic E-state index is -0.926. The first-order valence-corrected chi connectivity index (χ1v) is 9.27. The van der Waals surface area contributed by atoms with Crippen molar-refractivity contribution in [2.24, 2.45) is 5.92 Å². The van der Waals surface area contributed by atoms with Crippen LogP contribution in [0.15, 0.2) is 18.2 Å². The zero-order chi connectivity index (χ0) is 20.0. The first-order chi connectivity index (χ1) is 12.8. The third-order valence-corrected chi connectivity index (χ3v) is 5.05. The summed E-state index contributed by atoms with van der Waals surface area (Å²) in [7, 11) is 0. The molecule has 1 aliphatic heterocycles. The molecular formula is C19H25ClN4O3. The predicted octanol–water partition coefficient (Wildman–Crippen LogP) is 2.28. The third kappa shape index (κ3) is 5.34. The minimum absolute atomic E-state index is 0.00290. The summed E-state index contributed by atoms with van der Waals surface area (Å²) in [4.78, 5) is 26.4. The number of rotatable bonds is 6. The van der Waals surface area contributed by atoms with Gasteiger partial charge in [0, 0.05) is 18.8 Å². The van der Waals surface area contributed by atoms with Crippen LogP contribution in [0.3, 0.4) is 0 Å². The summed E-state index contributed by atoms with van der Waals surface area (Å²) in [6.45, 7) is 7.58. The summed E-state index contributed by atoms with van der Waals surface area (Å²) in [6.07, 6.45) is 0. The second-order valence-electron chi connectivity index (χ2n) is 6.97. The van der Waals surface area contributed by atoms with Crippen LogP contribution >= 0.6 is 11.6 Å². The Kier molecular flexibility index (Phi) is 7.05. The number of nitrogens with zero attached hydrogens (tertiary/aromatic N) is 2. The fourth-order valence-electron chi connectivity index (χ4n) is 2.55. The molecular weight excluding hydrogens is 368 g/mol. The topological polar surface area (TPSA) is 94.5 Å². The van der Waals surface area contributed by atoms with Crippen LogP contribution in [0.4, 0.5) is 5.69 Å². The van der Waals surface area contributed by atoms with Crippen molar-refractivity contribution in [1.82, 2.24) is 10.2 Å². The summed E-state index contributed by atoms with van der Waals surface area (Å²) in [6, 6.07) is 7.11. The summed E-state index contributed by atoms with van der Waals surface area (Å²) in [5.41, 5.74) is 0.118. The van der Waals surface area contributed by atoms with E-state index in [1.165, 1.54) is 0 Å². The van der Waals surface area contributed by atoms with Gasteiger partial charge >= 0.3 is 0 Å². The highest BCUT2D eigenvalue weighted by Crippen LogP contribution is 2.23. The lowest BCUT2D eigenvalue weighted by Crippen LogP contribution is -2.50. The molecule has 2 amide bonds. The molecule has 0 spiro atoms. The van der Waals surface area contributed by atoms with Crippen molar-refractivity contribution in [3.63, 3.8) is 0 Å². The first-order valence-electron chi connectivity index (χ1n) is 8.89. The number of hydrogen-bond donors (Lipinski definition) is 2. The maximum absolute atomic E-state index is 12.5. The van der Waals surface area contributed by atoms with Crippen LogP contribution < -0.4 is 10.6 Å². The second-order valence-corrected chi connectivity index (χ2v) is 7.38. The van der Waals surface area contributed by atoms with Gasteiger partial charge in [0.1, 0.15) is 5.54 Å². The molecule has 1 saturated heterocycles. The van der Waals surface area contributed by atoms with Crippen molar-refractivity contribution in [3.05, 3.63) is 28.8 Å². The molecule has 1 unspecified atom stereocenters. The van der Waals surface area contributed by atoms with Crippen LogP contribution in [-0.2, 0) is 9.53 Å². The lowest BCUT2D eigenvalue weighted by Gasteiger charge is -2.27. The molecule has 1 aromatic carbocycles. The Morgan fingerprint density at radius 3 is 2.59 bits per heavy atom. The Labute approximate surface area is 164 Å². The van der Waals surface area contributed by atoms with Crippen molar-refractivity contribution < 1.29 is 14.3 Å². The summed E-state index contributed by atoms with van der Waals surface area (Å²) in [5.74, 6) is -0.446. The maximum atomic E-state index is 12.5. The number of ether oxygens (including phenoxy) is 1. The molecule has 0 bridgehead atoms. The normalized spacial score (nSPS) is 16.4. The van der Waals surface area contributed by atoms with E-state index in [9.17, 15) is 14.9 Å². The third-order valence-electron chi connectivity index (χ3n) is 4.74. The number of nitrogens with one attached hydrogen (secondary N) is 2. The number of anilines is 1. The Hall–Kier alpha value is -2.30. The molecule has 2 rings (SSSR count). The number of benzene rings is 1. The number of amides is 2. The Morgan fingerprint density at radius 2 is 2.04 bits per heavy atom. The molecule has 1 aromatic rings. The average molecular weight is 393 g/mol. The molecule has 2 N–H and O–H groups in total.